The molecule has 1 fully saturated rings. The normalized spacial score (nSPS) is 18.7. The van der Waals surface area contributed by atoms with Gasteiger partial charge in [-0.2, -0.15) is 0 Å². The van der Waals surface area contributed by atoms with Crippen LogP contribution in [0.25, 0.3) is 5.76 Å². The molecule has 0 bridgehead atoms. The van der Waals surface area contributed by atoms with E-state index in [1.807, 2.05) is 10.8 Å². The van der Waals surface area contributed by atoms with Gasteiger partial charge in [-0.3, -0.25) is 9.59 Å². The summed E-state index contributed by atoms with van der Waals surface area (Å²) in [6, 6.07) is 11.4. The van der Waals surface area contributed by atoms with Crippen LogP contribution in [0.1, 0.15) is 23.6 Å². The van der Waals surface area contributed by atoms with E-state index in [9.17, 15) is 14.7 Å². The third-order valence-electron chi connectivity index (χ3n) is 6.16. The van der Waals surface area contributed by atoms with Crippen LogP contribution < -0.4 is 14.2 Å². The number of benzene rings is 2. The Labute approximate surface area is 202 Å². The lowest BCUT2D eigenvalue weighted by Crippen LogP contribution is -2.31. The highest BCUT2D eigenvalue weighted by Crippen LogP contribution is 2.41. The highest BCUT2D eigenvalue weighted by atomic mass is 16.6. The van der Waals surface area contributed by atoms with Crippen LogP contribution in [0.4, 0.5) is 0 Å². The van der Waals surface area contributed by atoms with Crippen LogP contribution in [-0.2, 0) is 16.1 Å². The standard InChI is InChI=1S/C26H25N3O6/c1-33-19-6-3-17(4-7-19)23-22(24(30)18-5-8-20-21(15-18)35-14-13-34-20)25(31)26(32)29(23)11-2-10-28-12-9-27-16-28/h3-9,12,15-16,23,30H,2,10-11,13-14H2,1H3/b24-22+/t23-/m0/s1. The Morgan fingerprint density at radius 3 is 2.57 bits per heavy atom. The van der Waals surface area contributed by atoms with Gasteiger partial charge in [0.15, 0.2) is 11.5 Å². The first-order valence-electron chi connectivity index (χ1n) is 11.3. The third kappa shape index (κ3) is 4.32. The van der Waals surface area contributed by atoms with Crippen molar-refractivity contribution in [1.29, 1.82) is 0 Å². The SMILES string of the molecule is COc1ccc([C@H]2/C(=C(\O)c3ccc4c(c3)OCCO4)C(=O)C(=O)N2CCCn2ccnc2)cc1. The van der Waals surface area contributed by atoms with Gasteiger partial charge in [0, 0.05) is 31.0 Å². The Morgan fingerprint density at radius 1 is 1.09 bits per heavy atom. The molecule has 1 N–H and O–H groups in total. The lowest BCUT2D eigenvalue weighted by molar-refractivity contribution is -0.139. The number of aromatic nitrogens is 2. The quantitative estimate of drug-likeness (QED) is 0.318. The number of nitrogens with zero attached hydrogens (tertiary/aromatic N) is 3. The van der Waals surface area contributed by atoms with Crippen molar-refractivity contribution >= 4 is 17.4 Å². The van der Waals surface area contributed by atoms with E-state index in [4.69, 9.17) is 14.2 Å². The van der Waals surface area contributed by atoms with Gasteiger partial charge < -0.3 is 28.8 Å². The van der Waals surface area contributed by atoms with Crippen molar-refractivity contribution in [3.8, 4) is 17.2 Å². The van der Waals surface area contributed by atoms with Crippen molar-refractivity contribution in [2.24, 2.45) is 0 Å². The lowest BCUT2D eigenvalue weighted by Gasteiger charge is -2.25. The second-order valence-electron chi connectivity index (χ2n) is 8.28. The van der Waals surface area contributed by atoms with Crippen LogP contribution in [0.2, 0.25) is 0 Å². The summed E-state index contributed by atoms with van der Waals surface area (Å²) in [5, 5.41) is 11.3. The largest absolute Gasteiger partial charge is 0.507 e. The maximum atomic E-state index is 13.2. The van der Waals surface area contributed by atoms with Crippen LogP contribution in [0, 0.1) is 0 Å². The Kier molecular flexibility index (Phi) is 6.13. The molecule has 0 unspecified atom stereocenters. The second-order valence-corrected chi connectivity index (χ2v) is 8.28. The Morgan fingerprint density at radius 2 is 1.86 bits per heavy atom. The van der Waals surface area contributed by atoms with Gasteiger partial charge in [-0.15, -0.1) is 0 Å². The molecule has 9 nitrogen and oxygen atoms in total. The van der Waals surface area contributed by atoms with E-state index in [-0.39, 0.29) is 11.3 Å². The number of fused-ring (bicyclic) bond motifs is 1. The van der Waals surface area contributed by atoms with Crippen molar-refractivity contribution in [3.63, 3.8) is 0 Å². The predicted octanol–water partition coefficient (Wildman–Crippen LogP) is 3.17. The smallest absolute Gasteiger partial charge is 0.295 e. The fraction of sp³-hybridized carbons (Fsp3) is 0.269. The van der Waals surface area contributed by atoms with Crippen molar-refractivity contribution in [3.05, 3.63) is 77.9 Å². The Hall–Kier alpha value is -4.27. The number of imidazole rings is 1. The molecule has 9 heteroatoms. The molecule has 1 amide bonds. The van der Waals surface area contributed by atoms with Crippen LogP contribution >= 0.6 is 0 Å². The molecule has 2 aromatic carbocycles. The number of aliphatic hydroxyl groups excluding tert-OH is 1. The molecule has 1 aromatic heterocycles. The molecular weight excluding hydrogens is 450 g/mol. The monoisotopic (exact) mass is 475 g/mol. The van der Waals surface area contributed by atoms with E-state index < -0.39 is 17.7 Å². The highest BCUT2D eigenvalue weighted by molar-refractivity contribution is 6.46. The molecule has 0 spiro atoms. The number of rotatable bonds is 7. The Balaban J connectivity index is 1.53. The number of ether oxygens (including phenoxy) is 3. The van der Waals surface area contributed by atoms with Crippen molar-refractivity contribution in [2.45, 2.75) is 19.0 Å². The first-order valence-corrected chi connectivity index (χ1v) is 11.3. The van der Waals surface area contributed by atoms with E-state index in [0.717, 1.165) is 0 Å². The maximum Gasteiger partial charge on any atom is 0.295 e. The molecule has 0 saturated carbocycles. The average Bonchev–Trinajstić information content (AvgIpc) is 3.50. The lowest BCUT2D eigenvalue weighted by atomic mass is 9.95. The van der Waals surface area contributed by atoms with E-state index in [2.05, 4.69) is 4.98 Å². The van der Waals surface area contributed by atoms with Gasteiger partial charge in [-0.05, 0) is 42.3 Å². The van der Waals surface area contributed by atoms with Gasteiger partial charge >= 0.3 is 0 Å². The van der Waals surface area contributed by atoms with Crippen molar-refractivity contribution in [1.82, 2.24) is 14.5 Å². The molecule has 3 heterocycles. The number of carbonyl (C=O) groups is 2. The average molecular weight is 476 g/mol. The molecule has 1 saturated heterocycles. The van der Waals surface area contributed by atoms with Gasteiger partial charge in [-0.25, -0.2) is 4.98 Å². The fourth-order valence-corrected chi connectivity index (χ4v) is 4.43. The minimum Gasteiger partial charge on any atom is -0.507 e. The van der Waals surface area contributed by atoms with Crippen LogP contribution in [-0.4, -0.2) is 58.1 Å². The summed E-state index contributed by atoms with van der Waals surface area (Å²) in [6.07, 6.45) is 5.85. The van der Waals surface area contributed by atoms with Gasteiger partial charge in [0.25, 0.3) is 11.7 Å². The van der Waals surface area contributed by atoms with Crippen molar-refractivity contribution < 1.29 is 28.9 Å². The van der Waals surface area contributed by atoms with Gasteiger partial charge in [0.1, 0.15) is 24.7 Å². The number of Topliss-reactive ketones (excluding diaryl/α,β-unsaturated/α-hetero) is 1. The van der Waals surface area contributed by atoms with Gasteiger partial charge in [-0.1, -0.05) is 12.1 Å². The number of aryl methyl sites for hydroxylation is 1. The zero-order valence-electron chi connectivity index (χ0n) is 19.2. The van der Waals surface area contributed by atoms with E-state index in [0.29, 0.717) is 61.1 Å². The van der Waals surface area contributed by atoms with E-state index in [1.165, 1.54) is 4.90 Å². The zero-order valence-corrected chi connectivity index (χ0v) is 19.2. The number of ketones is 1. The van der Waals surface area contributed by atoms with Gasteiger partial charge in [0.2, 0.25) is 0 Å². The van der Waals surface area contributed by atoms with Crippen LogP contribution in [0.3, 0.4) is 0 Å². The van der Waals surface area contributed by atoms with Crippen molar-refractivity contribution in [2.75, 3.05) is 26.9 Å². The third-order valence-corrected chi connectivity index (χ3v) is 6.16. The number of hydrogen-bond acceptors (Lipinski definition) is 7. The number of hydrogen-bond donors (Lipinski definition) is 1. The fourth-order valence-electron chi connectivity index (χ4n) is 4.43. The summed E-state index contributed by atoms with van der Waals surface area (Å²) in [7, 11) is 1.57. The number of methoxy groups -OCH3 is 1. The first kappa shape index (κ1) is 22.5. The first-order chi connectivity index (χ1) is 17.1. The zero-order chi connectivity index (χ0) is 24.4. The molecule has 0 radical (unpaired) electrons. The topological polar surface area (TPSA) is 103 Å². The molecule has 5 rings (SSSR count). The number of carbonyl (C=O) groups excluding carboxylic acids is 2. The van der Waals surface area contributed by atoms with E-state index >= 15 is 0 Å². The molecule has 3 aromatic rings. The molecule has 1 atom stereocenters. The summed E-state index contributed by atoms with van der Waals surface area (Å²) < 4.78 is 18.4. The minimum absolute atomic E-state index is 0.0412. The Bertz CT molecular complexity index is 1270. The molecule has 35 heavy (non-hydrogen) atoms. The summed E-state index contributed by atoms with van der Waals surface area (Å²) in [5.41, 5.74) is 1.12. The highest BCUT2D eigenvalue weighted by Gasteiger charge is 2.45. The summed E-state index contributed by atoms with van der Waals surface area (Å²) in [5.74, 6) is 0.0857. The summed E-state index contributed by atoms with van der Waals surface area (Å²) in [6.45, 7) is 1.81. The predicted molar refractivity (Wildman–Crippen MR) is 126 cm³/mol. The van der Waals surface area contributed by atoms with Gasteiger partial charge in [0.05, 0.1) is 25.1 Å². The number of likely N-dealkylation sites (tertiary alicyclic amines) is 1. The maximum absolute atomic E-state index is 13.2. The second kappa shape index (κ2) is 9.54. The van der Waals surface area contributed by atoms with Crippen LogP contribution in [0.5, 0.6) is 17.2 Å². The molecule has 0 aliphatic carbocycles. The number of amides is 1. The summed E-state index contributed by atoms with van der Waals surface area (Å²) >= 11 is 0. The molecule has 2 aliphatic rings. The number of aliphatic hydroxyl groups is 1. The molecule has 2 aliphatic heterocycles. The molecular formula is C26H25N3O6. The van der Waals surface area contributed by atoms with E-state index in [1.54, 1.807) is 62.1 Å². The molecule has 180 valence electrons. The van der Waals surface area contributed by atoms with Crippen LogP contribution in [0.15, 0.2) is 66.8 Å². The summed E-state index contributed by atoms with van der Waals surface area (Å²) in [4.78, 5) is 31.9. The minimum atomic E-state index is -0.739.